The molecule has 5 aromatic rings. The Hall–Kier alpha value is -4.04. The summed E-state index contributed by atoms with van der Waals surface area (Å²) in [6, 6.07) is 28.2. The fourth-order valence-corrected chi connectivity index (χ4v) is 4.56. The number of hydrogen-bond acceptors (Lipinski definition) is 6. The third-order valence-electron chi connectivity index (χ3n) is 5.47. The Balaban J connectivity index is 1.30. The number of pyridine rings is 1. The van der Waals surface area contributed by atoms with Gasteiger partial charge in [-0.15, -0.1) is 16.9 Å². The Morgan fingerprint density at radius 2 is 1.82 bits per heavy atom. The number of anilines is 1. The molecule has 0 aliphatic heterocycles. The lowest BCUT2D eigenvalue weighted by Gasteiger charge is -2.22. The van der Waals surface area contributed by atoms with Gasteiger partial charge in [-0.05, 0) is 46.3 Å². The SMILES string of the molecule is CC(=O)N(Cc1ccc(-c2nnn[nH]2)cc1)c1cccc(SCc2ccc3ccccc3n2)c1. The molecule has 1 amide bonds. The van der Waals surface area contributed by atoms with E-state index in [9.17, 15) is 4.79 Å². The van der Waals surface area contributed by atoms with Crippen LogP contribution in [0.15, 0.2) is 89.8 Å². The molecule has 34 heavy (non-hydrogen) atoms. The van der Waals surface area contributed by atoms with Crippen molar-refractivity contribution >= 4 is 34.3 Å². The third kappa shape index (κ3) is 4.97. The van der Waals surface area contributed by atoms with Crippen LogP contribution in [0.3, 0.4) is 0 Å². The Morgan fingerprint density at radius 1 is 0.971 bits per heavy atom. The zero-order chi connectivity index (χ0) is 23.3. The molecule has 168 valence electrons. The number of thioether (sulfide) groups is 1. The van der Waals surface area contributed by atoms with E-state index in [1.54, 1.807) is 23.6 Å². The van der Waals surface area contributed by atoms with E-state index in [2.05, 4.69) is 51.0 Å². The van der Waals surface area contributed by atoms with Crippen LogP contribution in [0.25, 0.3) is 22.3 Å². The number of rotatable bonds is 7. The van der Waals surface area contributed by atoms with E-state index in [-0.39, 0.29) is 5.91 Å². The quantitative estimate of drug-likeness (QED) is 0.329. The van der Waals surface area contributed by atoms with Crippen molar-refractivity contribution in [1.29, 1.82) is 0 Å². The molecule has 7 nitrogen and oxygen atoms in total. The number of aromatic nitrogens is 5. The molecule has 3 aromatic carbocycles. The van der Waals surface area contributed by atoms with E-state index in [0.717, 1.165) is 44.1 Å². The number of fused-ring (bicyclic) bond motifs is 1. The van der Waals surface area contributed by atoms with Gasteiger partial charge in [0.05, 0.1) is 17.8 Å². The van der Waals surface area contributed by atoms with Gasteiger partial charge in [-0.1, -0.05) is 54.6 Å². The Kier molecular flexibility index (Phi) is 6.31. The number of benzene rings is 3. The van der Waals surface area contributed by atoms with Gasteiger partial charge < -0.3 is 4.90 Å². The molecule has 1 N–H and O–H groups in total. The number of tetrazole rings is 1. The van der Waals surface area contributed by atoms with Crippen molar-refractivity contribution in [3.63, 3.8) is 0 Å². The highest BCUT2D eigenvalue weighted by molar-refractivity contribution is 7.98. The summed E-state index contributed by atoms with van der Waals surface area (Å²) < 4.78 is 0. The lowest BCUT2D eigenvalue weighted by atomic mass is 10.1. The smallest absolute Gasteiger partial charge is 0.224 e. The fraction of sp³-hybridized carbons (Fsp3) is 0.115. The third-order valence-corrected chi connectivity index (χ3v) is 6.49. The van der Waals surface area contributed by atoms with Crippen molar-refractivity contribution in [2.45, 2.75) is 24.1 Å². The first-order valence-corrected chi connectivity index (χ1v) is 11.8. The van der Waals surface area contributed by atoms with E-state index in [0.29, 0.717) is 12.4 Å². The normalized spacial score (nSPS) is 11.0. The highest BCUT2D eigenvalue weighted by Crippen LogP contribution is 2.28. The molecular formula is C26H22N6OS. The summed E-state index contributed by atoms with van der Waals surface area (Å²) in [7, 11) is 0. The largest absolute Gasteiger partial charge is 0.308 e. The van der Waals surface area contributed by atoms with Crippen molar-refractivity contribution in [1.82, 2.24) is 25.6 Å². The summed E-state index contributed by atoms with van der Waals surface area (Å²) in [5, 5.41) is 15.0. The number of para-hydroxylation sites is 1. The molecule has 2 aromatic heterocycles. The first-order chi connectivity index (χ1) is 16.7. The van der Waals surface area contributed by atoms with E-state index in [1.807, 2.05) is 54.6 Å². The minimum Gasteiger partial charge on any atom is -0.308 e. The number of aromatic amines is 1. The van der Waals surface area contributed by atoms with Crippen molar-refractivity contribution in [3.05, 3.63) is 96.2 Å². The first-order valence-electron chi connectivity index (χ1n) is 10.8. The minimum atomic E-state index is -0.0122. The lowest BCUT2D eigenvalue weighted by molar-refractivity contribution is -0.116. The fourth-order valence-electron chi connectivity index (χ4n) is 3.70. The second-order valence-electron chi connectivity index (χ2n) is 7.83. The van der Waals surface area contributed by atoms with E-state index in [4.69, 9.17) is 4.98 Å². The lowest BCUT2D eigenvalue weighted by Crippen LogP contribution is -2.27. The van der Waals surface area contributed by atoms with Crippen molar-refractivity contribution in [3.8, 4) is 11.4 Å². The molecule has 0 fully saturated rings. The zero-order valence-corrected chi connectivity index (χ0v) is 19.4. The Morgan fingerprint density at radius 3 is 2.62 bits per heavy atom. The van der Waals surface area contributed by atoms with Crippen LogP contribution in [0, 0.1) is 0 Å². The van der Waals surface area contributed by atoms with Crippen LogP contribution in [0.1, 0.15) is 18.2 Å². The molecule has 0 radical (unpaired) electrons. The standard InChI is InChI=1S/C26H22N6OS/c1-18(33)32(16-19-9-11-21(12-10-19)26-28-30-31-29-26)23-6-4-7-24(15-23)34-17-22-14-13-20-5-2-3-8-25(20)27-22/h2-15H,16-17H2,1H3,(H,28,29,30,31). The van der Waals surface area contributed by atoms with Crippen LogP contribution in [0.2, 0.25) is 0 Å². The predicted octanol–water partition coefficient (Wildman–Crippen LogP) is 5.26. The van der Waals surface area contributed by atoms with E-state index in [1.165, 1.54) is 0 Å². The van der Waals surface area contributed by atoms with Gasteiger partial charge in [0.2, 0.25) is 5.91 Å². The van der Waals surface area contributed by atoms with Crippen LogP contribution in [0.5, 0.6) is 0 Å². The number of nitrogens with one attached hydrogen (secondary N) is 1. The molecule has 0 atom stereocenters. The maximum absolute atomic E-state index is 12.5. The molecule has 0 aliphatic carbocycles. The van der Waals surface area contributed by atoms with Crippen LogP contribution >= 0.6 is 11.8 Å². The van der Waals surface area contributed by atoms with Crippen molar-refractivity contribution in [2.75, 3.05) is 4.90 Å². The molecule has 5 rings (SSSR count). The predicted molar refractivity (Wildman–Crippen MR) is 134 cm³/mol. The summed E-state index contributed by atoms with van der Waals surface area (Å²) in [5.74, 6) is 1.36. The van der Waals surface area contributed by atoms with Gasteiger partial charge in [-0.2, -0.15) is 0 Å². The van der Waals surface area contributed by atoms with Crippen LogP contribution in [0.4, 0.5) is 5.69 Å². The second-order valence-corrected chi connectivity index (χ2v) is 8.88. The molecule has 0 saturated heterocycles. The Bertz CT molecular complexity index is 1420. The molecule has 0 unspecified atom stereocenters. The van der Waals surface area contributed by atoms with Crippen LogP contribution in [-0.4, -0.2) is 31.5 Å². The van der Waals surface area contributed by atoms with Gasteiger partial charge in [0.25, 0.3) is 0 Å². The Labute approximate surface area is 201 Å². The number of nitrogens with zero attached hydrogens (tertiary/aromatic N) is 5. The average molecular weight is 467 g/mol. The van der Waals surface area contributed by atoms with E-state index < -0.39 is 0 Å². The molecular weight excluding hydrogens is 444 g/mol. The molecule has 8 heteroatoms. The summed E-state index contributed by atoms with van der Waals surface area (Å²) in [6.07, 6.45) is 0. The molecule has 0 saturated carbocycles. The van der Waals surface area contributed by atoms with E-state index >= 15 is 0 Å². The maximum Gasteiger partial charge on any atom is 0.224 e. The van der Waals surface area contributed by atoms with Crippen LogP contribution < -0.4 is 4.90 Å². The van der Waals surface area contributed by atoms with Gasteiger partial charge >= 0.3 is 0 Å². The number of amides is 1. The molecule has 0 bridgehead atoms. The van der Waals surface area contributed by atoms with Gasteiger partial charge in [-0.25, -0.2) is 5.10 Å². The van der Waals surface area contributed by atoms with Gasteiger partial charge in [0.1, 0.15) is 0 Å². The highest BCUT2D eigenvalue weighted by Gasteiger charge is 2.13. The topological polar surface area (TPSA) is 87.7 Å². The monoisotopic (exact) mass is 466 g/mol. The van der Waals surface area contributed by atoms with Crippen molar-refractivity contribution in [2.24, 2.45) is 0 Å². The molecule has 2 heterocycles. The van der Waals surface area contributed by atoms with Gasteiger partial charge in [0.15, 0.2) is 5.82 Å². The summed E-state index contributed by atoms with van der Waals surface area (Å²) in [6.45, 7) is 2.07. The van der Waals surface area contributed by atoms with Gasteiger partial charge in [0, 0.05) is 34.2 Å². The first kappa shape index (κ1) is 21.8. The average Bonchev–Trinajstić information content (AvgIpc) is 3.41. The number of carbonyl (C=O) groups is 1. The summed E-state index contributed by atoms with van der Waals surface area (Å²) in [4.78, 5) is 20.1. The second kappa shape index (κ2) is 9.84. The highest BCUT2D eigenvalue weighted by atomic mass is 32.2. The number of carbonyl (C=O) groups excluding carboxylic acids is 1. The maximum atomic E-state index is 12.5. The van der Waals surface area contributed by atoms with Crippen LogP contribution in [-0.2, 0) is 17.1 Å². The summed E-state index contributed by atoms with van der Waals surface area (Å²) in [5.41, 5.74) is 4.81. The zero-order valence-electron chi connectivity index (χ0n) is 18.5. The summed E-state index contributed by atoms with van der Waals surface area (Å²) >= 11 is 1.71. The molecule has 0 spiro atoms. The van der Waals surface area contributed by atoms with Crippen molar-refractivity contribution < 1.29 is 4.79 Å². The minimum absolute atomic E-state index is 0.0122. The number of hydrogen-bond donors (Lipinski definition) is 1. The molecule has 0 aliphatic rings. The number of H-pyrrole nitrogens is 1. The van der Waals surface area contributed by atoms with Gasteiger partial charge in [-0.3, -0.25) is 9.78 Å².